The molecule has 2 aromatic rings. The van der Waals surface area contributed by atoms with E-state index in [0.29, 0.717) is 17.7 Å². The van der Waals surface area contributed by atoms with Crippen molar-refractivity contribution in [1.82, 2.24) is 18.7 Å². The Balaban J connectivity index is 2.28. The third-order valence-corrected chi connectivity index (χ3v) is 3.78. The van der Waals surface area contributed by atoms with Crippen molar-refractivity contribution in [3.8, 4) is 0 Å². The van der Waals surface area contributed by atoms with E-state index >= 15 is 0 Å². The van der Waals surface area contributed by atoms with Crippen LogP contribution in [0.4, 0.5) is 0 Å². The average molecular weight is 291 g/mol. The molecule has 2 aromatic heterocycles. The minimum atomic E-state index is -0.327. The third kappa shape index (κ3) is 2.81. The van der Waals surface area contributed by atoms with Gasteiger partial charge in [-0.1, -0.05) is 13.3 Å². The summed E-state index contributed by atoms with van der Waals surface area (Å²) in [6, 6.07) is 0. The van der Waals surface area contributed by atoms with E-state index in [1.54, 1.807) is 25.0 Å². The van der Waals surface area contributed by atoms with Gasteiger partial charge in [-0.3, -0.25) is 13.9 Å². The van der Waals surface area contributed by atoms with Crippen LogP contribution in [-0.4, -0.2) is 24.9 Å². The van der Waals surface area contributed by atoms with Crippen LogP contribution in [0.1, 0.15) is 26.2 Å². The predicted octanol–water partition coefficient (Wildman–Crippen LogP) is 0.890. The fourth-order valence-corrected chi connectivity index (χ4v) is 2.41. The Kier molecular flexibility index (Phi) is 4.40. The van der Waals surface area contributed by atoms with Crippen molar-refractivity contribution in [2.45, 2.75) is 32.7 Å². The number of imidazole rings is 1. The van der Waals surface area contributed by atoms with Crippen LogP contribution in [0.2, 0.25) is 0 Å². The number of nitrogens with zero attached hydrogens (tertiary/aromatic N) is 4. The van der Waals surface area contributed by atoms with Crippen molar-refractivity contribution in [3.63, 3.8) is 0 Å². The molecule has 7 heteroatoms. The van der Waals surface area contributed by atoms with E-state index in [4.69, 9.17) is 5.41 Å². The van der Waals surface area contributed by atoms with E-state index in [-0.39, 0.29) is 17.2 Å². The molecule has 0 saturated carbocycles. The summed E-state index contributed by atoms with van der Waals surface area (Å²) in [6.07, 6.45) is 5.49. The molecule has 0 amide bonds. The normalized spacial score (nSPS) is 12.7. The Morgan fingerprint density at radius 2 is 2.05 bits per heavy atom. The smallest absolute Gasteiger partial charge is 0.328 e. The molecule has 1 atom stereocenters. The summed E-state index contributed by atoms with van der Waals surface area (Å²) in [4.78, 5) is 28.8. The molecule has 2 rings (SSSR count). The van der Waals surface area contributed by atoms with Gasteiger partial charge < -0.3 is 9.98 Å². The molecule has 0 fully saturated rings. The zero-order chi connectivity index (χ0) is 15.6. The number of hydrogen-bond donors (Lipinski definition) is 1. The van der Waals surface area contributed by atoms with Crippen molar-refractivity contribution in [1.29, 1.82) is 5.41 Å². The second-order valence-corrected chi connectivity index (χ2v) is 5.47. The van der Waals surface area contributed by atoms with Crippen LogP contribution < -0.4 is 11.2 Å². The average Bonchev–Trinajstić information content (AvgIpc) is 2.86. The number of nitrogens with one attached hydrogen (secondary N) is 1. The molecular weight excluding hydrogens is 270 g/mol. The first-order valence-electron chi connectivity index (χ1n) is 7.08. The van der Waals surface area contributed by atoms with E-state index in [1.165, 1.54) is 15.3 Å². The van der Waals surface area contributed by atoms with Crippen molar-refractivity contribution >= 4 is 17.4 Å². The quantitative estimate of drug-likeness (QED) is 0.633. The molecule has 0 saturated heterocycles. The van der Waals surface area contributed by atoms with Gasteiger partial charge in [0.25, 0.3) is 5.56 Å². The lowest BCUT2D eigenvalue weighted by Crippen LogP contribution is -2.39. The molecule has 0 aliphatic carbocycles. The van der Waals surface area contributed by atoms with E-state index in [1.807, 2.05) is 6.92 Å². The van der Waals surface area contributed by atoms with E-state index in [2.05, 4.69) is 4.98 Å². The topological polar surface area (TPSA) is 85.7 Å². The molecule has 2 heterocycles. The van der Waals surface area contributed by atoms with E-state index in [9.17, 15) is 9.59 Å². The first-order chi connectivity index (χ1) is 9.97. The zero-order valence-corrected chi connectivity index (χ0v) is 12.7. The highest BCUT2D eigenvalue weighted by molar-refractivity contribution is 5.69. The van der Waals surface area contributed by atoms with Gasteiger partial charge in [0.1, 0.15) is 0 Å². The summed E-state index contributed by atoms with van der Waals surface area (Å²) < 4.78 is 4.33. The van der Waals surface area contributed by atoms with Gasteiger partial charge >= 0.3 is 5.69 Å². The Bertz CT molecular complexity index is 768. The summed E-state index contributed by atoms with van der Waals surface area (Å²) in [5.74, 6) is 0.240. The molecule has 0 spiro atoms. The highest BCUT2D eigenvalue weighted by Gasteiger charge is 2.14. The van der Waals surface area contributed by atoms with Crippen molar-refractivity contribution < 1.29 is 0 Å². The highest BCUT2D eigenvalue weighted by Crippen LogP contribution is 2.07. The zero-order valence-electron chi connectivity index (χ0n) is 12.7. The number of aromatic nitrogens is 4. The lowest BCUT2D eigenvalue weighted by Gasteiger charge is -2.09. The molecule has 0 radical (unpaired) electrons. The molecule has 0 aliphatic heterocycles. The maximum atomic E-state index is 12.4. The van der Waals surface area contributed by atoms with E-state index in [0.717, 1.165) is 19.3 Å². The van der Waals surface area contributed by atoms with Gasteiger partial charge in [-0.15, -0.1) is 0 Å². The molecule has 0 bridgehead atoms. The molecule has 0 aliphatic rings. The van der Waals surface area contributed by atoms with Crippen LogP contribution in [0.5, 0.6) is 0 Å². The van der Waals surface area contributed by atoms with Gasteiger partial charge in [0, 0.05) is 20.6 Å². The summed E-state index contributed by atoms with van der Waals surface area (Å²) in [7, 11) is 3.38. The van der Waals surface area contributed by atoms with E-state index < -0.39 is 0 Å². The van der Waals surface area contributed by atoms with Crippen molar-refractivity contribution in [2.75, 3.05) is 0 Å². The van der Waals surface area contributed by atoms with Crippen LogP contribution in [0.15, 0.2) is 15.9 Å². The van der Waals surface area contributed by atoms with Gasteiger partial charge in [-0.25, -0.2) is 9.78 Å². The van der Waals surface area contributed by atoms with Crippen LogP contribution >= 0.6 is 0 Å². The Morgan fingerprint density at radius 1 is 1.33 bits per heavy atom. The van der Waals surface area contributed by atoms with Gasteiger partial charge in [0.15, 0.2) is 11.2 Å². The fourth-order valence-electron chi connectivity index (χ4n) is 2.41. The highest BCUT2D eigenvalue weighted by atomic mass is 16.2. The largest absolute Gasteiger partial charge is 0.332 e. The molecule has 7 nitrogen and oxygen atoms in total. The van der Waals surface area contributed by atoms with Gasteiger partial charge in [-0.2, -0.15) is 0 Å². The number of rotatable bonds is 6. The second kappa shape index (κ2) is 6.07. The number of aryl methyl sites for hydroxylation is 2. The molecule has 0 aromatic carbocycles. The first-order valence-corrected chi connectivity index (χ1v) is 7.08. The Hall–Kier alpha value is -2.18. The van der Waals surface area contributed by atoms with Gasteiger partial charge in [0.2, 0.25) is 0 Å². The predicted molar refractivity (Wildman–Crippen MR) is 82.0 cm³/mol. The molecular formula is C14H21N5O2. The lowest BCUT2D eigenvalue weighted by atomic mass is 10.1. The molecule has 114 valence electrons. The van der Waals surface area contributed by atoms with Crippen LogP contribution in [0.3, 0.4) is 0 Å². The standard InChI is InChI=1S/C14H21N5O2/c1-10(8-15)6-4-5-7-19-13(20)11-12(16-9-17(11)2)18(3)14(19)21/h8-10,15H,4-7H2,1-3H3/t10-/m1/s1. The fraction of sp³-hybridized carbons (Fsp3) is 0.571. The van der Waals surface area contributed by atoms with Crippen LogP contribution in [-0.2, 0) is 20.6 Å². The molecule has 1 N–H and O–H groups in total. The van der Waals surface area contributed by atoms with Crippen molar-refractivity contribution in [2.24, 2.45) is 20.0 Å². The Morgan fingerprint density at radius 3 is 2.71 bits per heavy atom. The van der Waals surface area contributed by atoms with Crippen LogP contribution in [0.25, 0.3) is 11.2 Å². The Labute approximate surface area is 122 Å². The summed E-state index contributed by atoms with van der Waals surface area (Å²) >= 11 is 0. The maximum absolute atomic E-state index is 12.4. The lowest BCUT2D eigenvalue weighted by molar-refractivity contribution is 0.522. The third-order valence-electron chi connectivity index (χ3n) is 3.78. The second-order valence-electron chi connectivity index (χ2n) is 5.47. The number of fused-ring (bicyclic) bond motifs is 1. The summed E-state index contributed by atoms with van der Waals surface area (Å²) in [5.41, 5.74) is 0.255. The monoisotopic (exact) mass is 291 g/mol. The summed E-state index contributed by atoms with van der Waals surface area (Å²) in [5, 5.41) is 7.16. The maximum Gasteiger partial charge on any atom is 0.332 e. The number of unbranched alkanes of at least 4 members (excludes halogenated alkanes) is 1. The summed E-state index contributed by atoms with van der Waals surface area (Å²) in [6.45, 7) is 2.39. The van der Waals surface area contributed by atoms with Crippen molar-refractivity contribution in [3.05, 3.63) is 27.2 Å². The van der Waals surface area contributed by atoms with Gasteiger partial charge in [-0.05, 0) is 25.0 Å². The number of hydrogen-bond acceptors (Lipinski definition) is 4. The first kappa shape index (κ1) is 15.2. The molecule has 0 unspecified atom stereocenters. The molecule has 21 heavy (non-hydrogen) atoms. The van der Waals surface area contributed by atoms with Crippen LogP contribution in [0, 0.1) is 11.3 Å². The minimum Gasteiger partial charge on any atom is -0.328 e. The van der Waals surface area contributed by atoms with Gasteiger partial charge in [0.05, 0.1) is 6.33 Å². The SMILES string of the molecule is C[C@@H](C=N)CCCCn1c(=O)c2c(ncn2C)n(C)c1=O. The minimum absolute atomic E-state index is 0.240.